The molecule has 0 aromatic heterocycles. The van der Waals surface area contributed by atoms with E-state index in [1.54, 1.807) is 25.1 Å². The summed E-state index contributed by atoms with van der Waals surface area (Å²) in [5.41, 5.74) is 0.646. The highest BCUT2D eigenvalue weighted by Gasteiger charge is 2.32. The van der Waals surface area contributed by atoms with E-state index in [9.17, 15) is 26.8 Å². The zero-order chi connectivity index (χ0) is 27.0. The van der Waals surface area contributed by atoms with E-state index in [1.165, 1.54) is 53.4 Å². The van der Waals surface area contributed by atoms with Crippen LogP contribution in [0.15, 0.2) is 83.8 Å². The van der Waals surface area contributed by atoms with Crippen LogP contribution in [0.3, 0.4) is 0 Å². The van der Waals surface area contributed by atoms with Crippen LogP contribution in [-0.2, 0) is 26.2 Å². The van der Waals surface area contributed by atoms with Gasteiger partial charge in [0.15, 0.2) is 0 Å². The number of rotatable bonds is 11. The smallest absolute Gasteiger partial charge is 0.264 e. The van der Waals surface area contributed by atoms with Gasteiger partial charge in [-0.3, -0.25) is 13.9 Å². The van der Waals surface area contributed by atoms with Crippen molar-refractivity contribution in [2.45, 2.75) is 37.8 Å². The molecule has 0 bridgehead atoms. The molecule has 1 N–H and O–H groups in total. The maximum atomic E-state index is 13.7. The molecular weight excluding hydrogens is 500 g/mol. The van der Waals surface area contributed by atoms with Gasteiger partial charge in [0, 0.05) is 13.1 Å². The van der Waals surface area contributed by atoms with Crippen molar-refractivity contribution >= 4 is 27.5 Å². The normalized spacial score (nSPS) is 12.0. The van der Waals surface area contributed by atoms with E-state index in [4.69, 9.17) is 0 Å². The molecule has 0 aliphatic carbocycles. The molecule has 3 aromatic carbocycles. The van der Waals surface area contributed by atoms with Gasteiger partial charge in [-0.1, -0.05) is 37.3 Å². The van der Waals surface area contributed by atoms with Crippen molar-refractivity contribution in [3.8, 4) is 0 Å². The maximum Gasteiger partial charge on any atom is 0.264 e. The Balaban J connectivity index is 1.99. The molecule has 196 valence electrons. The number of nitrogens with zero attached hydrogens (tertiary/aromatic N) is 2. The quantitative estimate of drug-likeness (QED) is 0.405. The third-order valence-electron chi connectivity index (χ3n) is 5.71. The van der Waals surface area contributed by atoms with Crippen molar-refractivity contribution in [1.82, 2.24) is 10.2 Å². The Morgan fingerprint density at radius 3 is 2.03 bits per heavy atom. The predicted octanol–water partition coefficient (Wildman–Crippen LogP) is 4.10. The Bertz CT molecular complexity index is 1300. The van der Waals surface area contributed by atoms with Crippen LogP contribution in [0.2, 0.25) is 0 Å². The molecule has 0 heterocycles. The summed E-state index contributed by atoms with van der Waals surface area (Å²) >= 11 is 0. The highest BCUT2D eigenvalue weighted by atomic mass is 32.2. The number of carbonyl (C=O) groups is 2. The van der Waals surface area contributed by atoms with Crippen LogP contribution < -0.4 is 9.62 Å². The van der Waals surface area contributed by atoms with E-state index in [1.807, 2.05) is 6.92 Å². The zero-order valence-corrected chi connectivity index (χ0v) is 21.4. The molecule has 0 radical (unpaired) electrons. The van der Waals surface area contributed by atoms with Gasteiger partial charge in [-0.15, -0.1) is 0 Å². The summed E-state index contributed by atoms with van der Waals surface area (Å²) in [6, 6.07) is 16.8. The van der Waals surface area contributed by atoms with Crippen molar-refractivity contribution < 1.29 is 26.8 Å². The lowest BCUT2D eigenvalue weighted by atomic mass is 10.1. The largest absolute Gasteiger partial charge is 0.354 e. The standard InChI is InChI=1S/C27H29F2N3O4S/c1-3-17-30-27(34)20(2)31(18-21-9-11-22(28)12-10-21)26(33)19-32(24-15-13-23(29)14-16-24)37(35,36)25-7-5-4-6-8-25/h4-16,20H,3,17-19H2,1-2H3,(H,30,34)/t20-/m0/s1. The van der Waals surface area contributed by atoms with Crippen molar-refractivity contribution in [2.75, 3.05) is 17.4 Å². The summed E-state index contributed by atoms with van der Waals surface area (Å²) in [6.45, 7) is 3.14. The number of carbonyl (C=O) groups excluding carboxylic acids is 2. The number of hydrogen-bond donors (Lipinski definition) is 1. The predicted molar refractivity (Wildman–Crippen MR) is 137 cm³/mol. The third-order valence-corrected chi connectivity index (χ3v) is 7.50. The van der Waals surface area contributed by atoms with Crippen LogP contribution in [0.5, 0.6) is 0 Å². The van der Waals surface area contributed by atoms with Crippen LogP contribution in [0.4, 0.5) is 14.5 Å². The molecular formula is C27H29F2N3O4S. The average Bonchev–Trinajstić information content (AvgIpc) is 2.90. The number of nitrogens with one attached hydrogen (secondary N) is 1. The van der Waals surface area contributed by atoms with Crippen LogP contribution in [0, 0.1) is 11.6 Å². The molecule has 0 saturated heterocycles. The topological polar surface area (TPSA) is 86.8 Å². The molecule has 0 unspecified atom stereocenters. The second-order valence-electron chi connectivity index (χ2n) is 8.42. The number of hydrogen-bond acceptors (Lipinski definition) is 4. The summed E-state index contributed by atoms with van der Waals surface area (Å²) in [5, 5.41) is 2.74. The summed E-state index contributed by atoms with van der Waals surface area (Å²) < 4.78 is 55.1. The lowest BCUT2D eigenvalue weighted by Gasteiger charge is -2.32. The minimum Gasteiger partial charge on any atom is -0.354 e. The Labute approximate surface area is 215 Å². The van der Waals surface area contributed by atoms with Gasteiger partial charge < -0.3 is 10.2 Å². The van der Waals surface area contributed by atoms with Crippen molar-refractivity contribution in [2.24, 2.45) is 0 Å². The minimum absolute atomic E-state index is 0.0500. The van der Waals surface area contributed by atoms with E-state index in [0.717, 1.165) is 16.4 Å². The van der Waals surface area contributed by atoms with Gasteiger partial charge >= 0.3 is 0 Å². The number of sulfonamides is 1. The molecule has 3 aromatic rings. The third kappa shape index (κ3) is 7.13. The van der Waals surface area contributed by atoms with Crippen molar-refractivity contribution in [3.63, 3.8) is 0 Å². The molecule has 0 fully saturated rings. The Hall–Kier alpha value is -3.79. The molecule has 1 atom stereocenters. The van der Waals surface area contributed by atoms with E-state index in [2.05, 4.69) is 5.32 Å². The first-order chi connectivity index (χ1) is 17.6. The number of benzene rings is 3. The molecule has 37 heavy (non-hydrogen) atoms. The summed E-state index contributed by atoms with van der Waals surface area (Å²) in [5.74, 6) is -2.08. The SMILES string of the molecule is CCCNC(=O)[C@H](C)N(Cc1ccc(F)cc1)C(=O)CN(c1ccc(F)cc1)S(=O)(=O)c1ccccc1. The second-order valence-corrected chi connectivity index (χ2v) is 10.3. The molecule has 10 heteroatoms. The molecule has 3 rings (SSSR count). The van der Waals surface area contributed by atoms with Crippen molar-refractivity contribution in [1.29, 1.82) is 0 Å². The first-order valence-electron chi connectivity index (χ1n) is 11.8. The van der Waals surface area contributed by atoms with Gasteiger partial charge in [-0.2, -0.15) is 0 Å². The molecule has 2 amide bonds. The molecule has 0 aliphatic rings. The zero-order valence-electron chi connectivity index (χ0n) is 20.6. The van der Waals surface area contributed by atoms with E-state index < -0.39 is 46.1 Å². The van der Waals surface area contributed by atoms with Gasteiger partial charge in [-0.25, -0.2) is 17.2 Å². The maximum absolute atomic E-state index is 13.7. The van der Waals surface area contributed by atoms with Gasteiger partial charge in [0.2, 0.25) is 11.8 Å². The average molecular weight is 530 g/mol. The lowest BCUT2D eigenvalue weighted by Crippen LogP contribution is -2.51. The Morgan fingerprint density at radius 2 is 1.46 bits per heavy atom. The first-order valence-corrected chi connectivity index (χ1v) is 13.2. The Kier molecular flexibility index (Phi) is 9.35. The number of anilines is 1. The molecule has 0 saturated carbocycles. The molecule has 7 nitrogen and oxygen atoms in total. The lowest BCUT2D eigenvalue weighted by molar-refractivity contribution is -0.139. The minimum atomic E-state index is -4.22. The highest BCUT2D eigenvalue weighted by molar-refractivity contribution is 7.92. The fourth-order valence-electron chi connectivity index (χ4n) is 3.62. The second kappa shape index (κ2) is 12.4. The molecule has 0 spiro atoms. The highest BCUT2D eigenvalue weighted by Crippen LogP contribution is 2.25. The van der Waals surface area contributed by atoms with Crippen LogP contribution in [-0.4, -0.2) is 44.3 Å². The van der Waals surface area contributed by atoms with Crippen LogP contribution in [0.1, 0.15) is 25.8 Å². The van der Waals surface area contributed by atoms with Gasteiger partial charge in [0.05, 0.1) is 10.6 Å². The van der Waals surface area contributed by atoms with E-state index >= 15 is 0 Å². The van der Waals surface area contributed by atoms with Gasteiger partial charge in [0.1, 0.15) is 24.2 Å². The summed E-state index contributed by atoms with van der Waals surface area (Å²) in [4.78, 5) is 27.6. The summed E-state index contributed by atoms with van der Waals surface area (Å²) in [7, 11) is -4.22. The Morgan fingerprint density at radius 1 is 0.892 bits per heavy atom. The van der Waals surface area contributed by atoms with E-state index in [-0.39, 0.29) is 17.1 Å². The van der Waals surface area contributed by atoms with E-state index in [0.29, 0.717) is 18.5 Å². The van der Waals surface area contributed by atoms with Crippen molar-refractivity contribution in [3.05, 3.63) is 96.1 Å². The van der Waals surface area contributed by atoms with Gasteiger partial charge in [-0.05, 0) is 67.4 Å². The monoisotopic (exact) mass is 529 g/mol. The van der Waals surface area contributed by atoms with Crippen LogP contribution >= 0.6 is 0 Å². The number of amides is 2. The number of halogens is 2. The fraction of sp³-hybridized carbons (Fsp3) is 0.259. The molecule has 0 aliphatic heterocycles. The first kappa shape index (κ1) is 27.8. The van der Waals surface area contributed by atoms with Gasteiger partial charge in [0.25, 0.3) is 10.0 Å². The van der Waals surface area contributed by atoms with Crippen LogP contribution in [0.25, 0.3) is 0 Å². The summed E-state index contributed by atoms with van der Waals surface area (Å²) in [6.07, 6.45) is 0.692. The fourth-order valence-corrected chi connectivity index (χ4v) is 5.06.